The van der Waals surface area contributed by atoms with Crippen molar-refractivity contribution in [2.45, 2.75) is 0 Å². The standard InChI is InChI=1S/C14H13BrN2O3/c1-20-9-3-5-13(18)10(7-9)14(19)17-12-6-8(16)2-4-11(12)15/h2-7,18H,16H2,1H3,(H,17,19). The van der Waals surface area contributed by atoms with Crippen molar-refractivity contribution in [3.8, 4) is 11.5 Å². The van der Waals surface area contributed by atoms with Crippen molar-refractivity contribution < 1.29 is 14.6 Å². The first-order valence-corrected chi connectivity index (χ1v) is 6.54. The number of methoxy groups -OCH3 is 1. The fraction of sp³-hybridized carbons (Fsp3) is 0.0714. The van der Waals surface area contributed by atoms with Crippen LogP contribution in [0, 0.1) is 0 Å². The number of carbonyl (C=O) groups is 1. The number of nitrogens with one attached hydrogen (secondary N) is 1. The van der Waals surface area contributed by atoms with Gasteiger partial charge in [-0.05, 0) is 52.3 Å². The van der Waals surface area contributed by atoms with Gasteiger partial charge in [-0.1, -0.05) is 0 Å². The van der Waals surface area contributed by atoms with Gasteiger partial charge in [0.2, 0.25) is 0 Å². The van der Waals surface area contributed by atoms with E-state index in [1.807, 2.05) is 0 Å². The van der Waals surface area contributed by atoms with Crippen LogP contribution in [0.1, 0.15) is 10.4 Å². The third-order valence-electron chi connectivity index (χ3n) is 2.69. The number of phenols is 1. The van der Waals surface area contributed by atoms with Crippen LogP contribution in [0.2, 0.25) is 0 Å². The monoisotopic (exact) mass is 336 g/mol. The third-order valence-corrected chi connectivity index (χ3v) is 3.38. The second-order valence-corrected chi connectivity index (χ2v) is 4.93. The Morgan fingerprint density at radius 1 is 1.30 bits per heavy atom. The molecular formula is C14H13BrN2O3. The van der Waals surface area contributed by atoms with Crippen LogP contribution in [0.5, 0.6) is 11.5 Å². The molecule has 0 saturated heterocycles. The summed E-state index contributed by atoms with van der Waals surface area (Å²) in [5, 5.41) is 12.4. The van der Waals surface area contributed by atoms with E-state index in [9.17, 15) is 9.90 Å². The Kier molecular flexibility index (Phi) is 4.14. The summed E-state index contributed by atoms with van der Waals surface area (Å²) >= 11 is 3.32. The van der Waals surface area contributed by atoms with Crippen LogP contribution in [-0.2, 0) is 0 Å². The molecular weight excluding hydrogens is 324 g/mol. The highest BCUT2D eigenvalue weighted by molar-refractivity contribution is 9.10. The van der Waals surface area contributed by atoms with Crippen LogP contribution in [0.25, 0.3) is 0 Å². The number of aromatic hydroxyl groups is 1. The maximum absolute atomic E-state index is 12.2. The second-order valence-electron chi connectivity index (χ2n) is 4.08. The van der Waals surface area contributed by atoms with E-state index in [0.29, 0.717) is 21.6 Å². The van der Waals surface area contributed by atoms with E-state index in [-0.39, 0.29) is 11.3 Å². The summed E-state index contributed by atoms with van der Waals surface area (Å²) in [6.07, 6.45) is 0. The van der Waals surface area contributed by atoms with Crippen LogP contribution < -0.4 is 15.8 Å². The molecule has 0 bridgehead atoms. The lowest BCUT2D eigenvalue weighted by Gasteiger charge is -2.10. The average Bonchev–Trinajstić information content (AvgIpc) is 2.43. The van der Waals surface area contributed by atoms with Gasteiger partial charge < -0.3 is 20.9 Å². The topological polar surface area (TPSA) is 84.6 Å². The van der Waals surface area contributed by atoms with Gasteiger partial charge in [0.25, 0.3) is 5.91 Å². The van der Waals surface area contributed by atoms with E-state index in [2.05, 4.69) is 21.2 Å². The summed E-state index contributed by atoms with van der Waals surface area (Å²) in [5.74, 6) is -0.0874. The van der Waals surface area contributed by atoms with Crippen molar-refractivity contribution in [1.82, 2.24) is 0 Å². The largest absolute Gasteiger partial charge is 0.507 e. The SMILES string of the molecule is COc1ccc(O)c(C(=O)Nc2cc(N)ccc2Br)c1. The predicted molar refractivity (Wildman–Crippen MR) is 81.2 cm³/mol. The first-order valence-electron chi connectivity index (χ1n) is 5.74. The molecule has 0 aromatic heterocycles. The average molecular weight is 337 g/mol. The number of halogens is 1. The maximum Gasteiger partial charge on any atom is 0.259 e. The molecule has 2 aromatic carbocycles. The van der Waals surface area contributed by atoms with Crippen LogP contribution in [0.4, 0.5) is 11.4 Å². The van der Waals surface area contributed by atoms with Gasteiger partial charge in [0.1, 0.15) is 11.5 Å². The summed E-state index contributed by atoms with van der Waals surface area (Å²) in [6, 6.07) is 9.51. The Morgan fingerprint density at radius 2 is 2.05 bits per heavy atom. The minimum atomic E-state index is -0.451. The molecule has 0 atom stereocenters. The molecule has 5 nitrogen and oxygen atoms in total. The van der Waals surface area contributed by atoms with E-state index < -0.39 is 5.91 Å². The maximum atomic E-state index is 12.2. The van der Waals surface area contributed by atoms with E-state index in [0.717, 1.165) is 0 Å². The lowest BCUT2D eigenvalue weighted by molar-refractivity contribution is 0.102. The number of ether oxygens (including phenoxy) is 1. The van der Waals surface area contributed by atoms with Crippen LogP contribution in [0.15, 0.2) is 40.9 Å². The Labute approximate surface area is 124 Å². The Hall–Kier alpha value is -2.21. The van der Waals surface area contributed by atoms with Crippen molar-refractivity contribution in [1.29, 1.82) is 0 Å². The van der Waals surface area contributed by atoms with E-state index in [1.165, 1.54) is 19.2 Å². The number of anilines is 2. The molecule has 0 fully saturated rings. The van der Waals surface area contributed by atoms with Gasteiger partial charge in [-0.25, -0.2) is 0 Å². The van der Waals surface area contributed by atoms with E-state index in [1.54, 1.807) is 24.3 Å². The number of nitrogen functional groups attached to an aromatic ring is 1. The highest BCUT2D eigenvalue weighted by Crippen LogP contribution is 2.27. The summed E-state index contributed by atoms with van der Waals surface area (Å²) in [4.78, 5) is 12.2. The number of benzene rings is 2. The van der Waals surface area contributed by atoms with Crippen molar-refractivity contribution in [2.75, 3.05) is 18.2 Å². The predicted octanol–water partition coefficient (Wildman–Crippen LogP) is 3.00. The van der Waals surface area contributed by atoms with Crippen LogP contribution in [-0.4, -0.2) is 18.1 Å². The lowest BCUT2D eigenvalue weighted by Crippen LogP contribution is -2.13. The van der Waals surface area contributed by atoms with Crippen molar-refractivity contribution in [3.63, 3.8) is 0 Å². The Bertz CT molecular complexity index is 659. The Balaban J connectivity index is 2.30. The van der Waals surface area contributed by atoms with Gasteiger partial charge in [0, 0.05) is 10.2 Å². The summed E-state index contributed by atoms with van der Waals surface area (Å²) in [5.41, 5.74) is 6.85. The van der Waals surface area contributed by atoms with Gasteiger partial charge in [-0.2, -0.15) is 0 Å². The summed E-state index contributed by atoms with van der Waals surface area (Å²) in [7, 11) is 1.49. The van der Waals surface area contributed by atoms with Crippen LogP contribution in [0.3, 0.4) is 0 Å². The molecule has 0 aliphatic rings. The van der Waals surface area contributed by atoms with Crippen molar-refractivity contribution >= 4 is 33.2 Å². The van der Waals surface area contributed by atoms with Gasteiger partial charge in [-0.3, -0.25) is 4.79 Å². The zero-order chi connectivity index (χ0) is 14.7. The van der Waals surface area contributed by atoms with Crippen molar-refractivity contribution in [2.24, 2.45) is 0 Å². The fourth-order valence-corrected chi connectivity index (χ4v) is 2.00. The van der Waals surface area contributed by atoms with Gasteiger partial charge in [-0.15, -0.1) is 0 Å². The lowest BCUT2D eigenvalue weighted by atomic mass is 10.1. The molecule has 1 amide bonds. The molecule has 0 saturated carbocycles. The highest BCUT2D eigenvalue weighted by Gasteiger charge is 2.14. The molecule has 0 radical (unpaired) electrons. The smallest absolute Gasteiger partial charge is 0.259 e. The molecule has 0 aliphatic heterocycles. The highest BCUT2D eigenvalue weighted by atomic mass is 79.9. The molecule has 6 heteroatoms. The molecule has 0 unspecified atom stereocenters. The summed E-state index contributed by atoms with van der Waals surface area (Å²) < 4.78 is 5.73. The van der Waals surface area contributed by atoms with E-state index >= 15 is 0 Å². The molecule has 4 N–H and O–H groups in total. The normalized spacial score (nSPS) is 10.1. The first kappa shape index (κ1) is 14.2. The minimum Gasteiger partial charge on any atom is -0.507 e. The number of phenolic OH excluding ortho intramolecular Hbond substituents is 1. The molecule has 0 spiro atoms. The second kappa shape index (κ2) is 5.83. The van der Waals surface area contributed by atoms with Gasteiger partial charge in [0.15, 0.2) is 0 Å². The Morgan fingerprint density at radius 3 is 2.75 bits per heavy atom. The third kappa shape index (κ3) is 3.03. The van der Waals surface area contributed by atoms with Gasteiger partial charge in [0.05, 0.1) is 18.4 Å². The molecule has 20 heavy (non-hydrogen) atoms. The van der Waals surface area contributed by atoms with E-state index in [4.69, 9.17) is 10.5 Å². The summed E-state index contributed by atoms with van der Waals surface area (Å²) in [6.45, 7) is 0. The number of hydrogen-bond acceptors (Lipinski definition) is 4. The molecule has 104 valence electrons. The number of nitrogens with two attached hydrogens (primary N) is 1. The fourth-order valence-electron chi connectivity index (χ4n) is 1.65. The number of amides is 1. The zero-order valence-electron chi connectivity index (χ0n) is 10.7. The molecule has 2 rings (SSSR count). The minimum absolute atomic E-state index is 0.122. The number of carbonyl (C=O) groups excluding carboxylic acids is 1. The number of rotatable bonds is 3. The molecule has 2 aromatic rings. The first-order chi connectivity index (χ1) is 9.51. The van der Waals surface area contributed by atoms with Crippen LogP contribution >= 0.6 is 15.9 Å². The number of hydrogen-bond donors (Lipinski definition) is 3. The molecule has 0 heterocycles. The quantitative estimate of drug-likeness (QED) is 0.752. The van der Waals surface area contributed by atoms with Crippen molar-refractivity contribution in [3.05, 3.63) is 46.4 Å². The van der Waals surface area contributed by atoms with Gasteiger partial charge >= 0.3 is 0 Å². The zero-order valence-corrected chi connectivity index (χ0v) is 12.3. The molecule has 0 aliphatic carbocycles.